The fraction of sp³-hybridized carbons (Fsp3) is 0.300. The minimum atomic E-state index is -0.595. The molecule has 0 N–H and O–H groups in total. The van der Waals surface area contributed by atoms with Gasteiger partial charge in [0, 0.05) is 12.0 Å². The topological polar surface area (TPSA) is 55.4 Å². The van der Waals surface area contributed by atoms with Crippen LogP contribution in [0.2, 0.25) is 0 Å². The van der Waals surface area contributed by atoms with Crippen LogP contribution < -0.4 is 0 Å². The largest absolute Gasteiger partial charge is 0.619 e. The van der Waals surface area contributed by atoms with E-state index < -0.39 is 5.83 Å². The molecule has 0 saturated heterocycles. The van der Waals surface area contributed by atoms with E-state index in [2.05, 4.69) is 11.6 Å². The summed E-state index contributed by atoms with van der Waals surface area (Å²) in [7, 11) is 1.16. The SMILES string of the molecule is C=[N+]([O-])C1=CC(F)=CC(C)C=C1[N+](=O)OC. The number of rotatable bonds is 3. The van der Waals surface area contributed by atoms with Crippen LogP contribution in [0.4, 0.5) is 4.39 Å². The van der Waals surface area contributed by atoms with Gasteiger partial charge >= 0.3 is 11.4 Å². The van der Waals surface area contributed by atoms with Gasteiger partial charge in [0.15, 0.2) is 7.11 Å². The van der Waals surface area contributed by atoms with E-state index in [9.17, 15) is 14.5 Å². The first-order valence-electron chi connectivity index (χ1n) is 4.56. The Hall–Kier alpha value is -1.98. The monoisotopic (exact) mass is 227 g/mol. The molecule has 1 atom stereocenters. The Morgan fingerprint density at radius 2 is 2.12 bits per heavy atom. The zero-order valence-electron chi connectivity index (χ0n) is 9.01. The maximum absolute atomic E-state index is 13.2. The van der Waals surface area contributed by atoms with Crippen molar-refractivity contribution < 1.29 is 18.9 Å². The highest BCUT2D eigenvalue weighted by molar-refractivity contribution is 5.33. The van der Waals surface area contributed by atoms with Crippen molar-refractivity contribution in [3.63, 3.8) is 0 Å². The number of nitrogens with zero attached hydrogens (tertiary/aromatic N) is 2. The number of halogens is 1. The lowest BCUT2D eigenvalue weighted by Gasteiger charge is -2.01. The lowest BCUT2D eigenvalue weighted by molar-refractivity contribution is -0.764. The molecule has 1 aliphatic carbocycles. The molecule has 6 heteroatoms. The smallest absolute Gasteiger partial charge is 0.385 e. The van der Waals surface area contributed by atoms with Crippen LogP contribution in [0.15, 0.2) is 35.4 Å². The summed E-state index contributed by atoms with van der Waals surface area (Å²) in [6.07, 6.45) is 3.64. The number of hydrogen-bond acceptors (Lipinski definition) is 3. The first kappa shape index (κ1) is 12.1. The highest BCUT2D eigenvalue weighted by Crippen LogP contribution is 2.23. The summed E-state index contributed by atoms with van der Waals surface area (Å²) in [4.78, 5) is 15.9. The Morgan fingerprint density at radius 1 is 1.50 bits per heavy atom. The molecule has 0 saturated carbocycles. The third-order valence-electron chi connectivity index (χ3n) is 2.01. The zero-order valence-corrected chi connectivity index (χ0v) is 9.01. The van der Waals surface area contributed by atoms with Crippen molar-refractivity contribution in [1.29, 1.82) is 0 Å². The molecule has 0 aromatic carbocycles. The van der Waals surface area contributed by atoms with Gasteiger partial charge in [-0.15, -0.1) is 0 Å². The van der Waals surface area contributed by atoms with Gasteiger partial charge in [-0.2, -0.15) is 4.74 Å². The van der Waals surface area contributed by atoms with Gasteiger partial charge in [-0.3, -0.25) is 0 Å². The van der Waals surface area contributed by atoms with Gasteiger partial charge in [0.2, 0.25) is 0 Å². The third-order valence-corrected chi connectivity index (χ3v) is 2.01. The second kappa shape index (κ2) is 4.69. The van der Waals surface area contributed by atoms with Crippen molar-refractivity contribution >= 4 is 6.72 Å². The Balaban J connectivity index is 3.26. The van der Waals surface area contributed by atoms with E-state index in [1.165, 1.54) is 12.2 Å². The van der Waals surface area contributed by atoms with Gasteiger partial charge in [-0.1, -0.05) is 6.92 Å². The Morgan fingerprint density at radius 3 is 2.62 bits per heavy atom. The van der Waals surface area contributed by atoms with Crippen LogP contribution in [0.3, 0.4) is 0 Å². The highest BCUT2D eigenvalue weighted by Gasteiger charge is 2.33. The number of hydroxylamine groups is 1. The van der Waals surface area contributed by atoms with E-state index >= 15 is 0 Å². The molecule has 0 amide bonds. The number of allylic oxidation sites excluding steroid dienone is 4. The molecule has 0 aromatic rings. The first-order valence-corrected chi connectivity index (χ1v) is 4.56. The van der Waals surface area contributed by atoms with E-state index in [1.807, 2.05) is 0 Å². The van der Waals surface area contributed by atoms with Crippen LogP contribution in [0.1, 0.15) is 6.92 Å². The molecule has 0 fully saturated rings. The summed E-state index contributed by atoms with van der Waals surface area (Å²) in [5.74, 6) is -0.918. The molecule has 86 valence electrons. The predicted molar refractivity (Wildman–Crippen MR) is 55.9 cm³/mol. The highest BCUT2D eigenvalue weighted by atomic mass is 19.1. The van der Waals surface area contributed by atoms with E-state index in [4.69, 9.17) is 0 Å². The second-order valence-electron chi connectivity index (χ2n) is 3.31. The second-order valence-corrected chi connectivity index (χ2v) is 3.31. The van der Waals surface area contributed by atoms with Crippen LogP contribution in [0.5, 0.6) is 0 Å². The minimum Gasteiger partial charge on any atom is -0.619 e. The van der Waals surface area contributed by atoms with Crippen molar-refractivity contribution in [2.75, 3.05) is 7.11 Å². The fourth-order valence-electron chi connectivity index (χ4n) is 1.34. The van der Waals surface area contributed by atoms with Crippen LogP contribution in [-0.2, 0) is 4.84 Å². The average Bonchev–Trinajstić information content (AvgIpc) is 2.35. The first-order chi connectivity index (χ1) is 7.45. The zero-order chi connectivity index (χ0) is 12.3. The van der Waals surface area contributed by atoms with Gasteiger partial charge in [-0.05, 0) is 6.08 Å². The Bertz CT molecular complexity index is 424. The molecule has 0 spiro atoms. The molecule has 1 aliphatic rings. The molecular formula is C10H12FN2O3+. The average molecular weight is 227 g/mol. The molecule has 16 heavy (non-hydrogen) atoms. The van der Waals surface area contributed by atoms with Gasteiger partial charge < -0.3 is 5.21 Å². The van der Waals surface area contributed by atoms with Crippen molar-refractivity contribution in [1.82, 2.24) is 0 Å². The van der Waals surface area contributed by atoms with Crippen molar-refractivity contribution in [3.8, 4) is 0 Å². The van der Waals surface area contributed by atoms with Gasteiger partial charge in [0.1, 0.15) is 12.5 Å². The molecule has 1 unspecified atom stereocenters. The van der Waals surface area contributed by atoms with Crippen molar-refractivity contribution in [2.45, 2.75) is 6.92 Å². The molecular weight excluding hydrogens is 215 g/mol. The van der Waals surface area contributed by atoms with E-state index in [1.54, 1.807) is 6.92 Å². The molecule has 0 aliphatic heterocycles. The maximum Gasteiger partial charge on any atom is 0.385 e. The van der Waals surface area contributed by atoms with Crippen molar-refractivity contribution in [2.24, 2.45) is 5.92 Å². The maximum atomic E-state index is 13.2. The number of hydrogen-bond donors (Lipinski definition) is 0. The van der Waals surface area contributed by atoms with Crippen LogP contribution in [0, 0.1) is 16.0 Å². The normalized spacial score (nSPS) is 20.2. The Labute approximate surface area is 91.9 Å². The summed E-state index contributed by atoms with van der Waals surface area (Å²) in [5.41, 5.74) is -0.251. The summed E-state index contributed by atoms with van der Waals surface area (Å²) < 4.78 is 13.4. The molecule has 0 radical (unpaired) electrons. The van der Waals surface area contributed by atoms with Gasteiger partial charge in [0.25, 0.3) is 4.92 Å². The third kappa shape index (κ3) is 2.53. The fourth-order valence-corrected chi connectivity index (χ4v) is 1.34. The lowest BCUT2D eigenvalue weighted by Crippen LogP contribution is -2.14. The molecule has 0 aromatic heterocycles. The standard InChI is InChI=1S/C10H12FN2O3/c1-7-4-8(11)6-9(12(2)14)10(5-7)13(15)16-3/h4-7H,2H2,1,3H3/q+1. The quantitative estimate of drug-likeness (QED) is 0.320. The Kier molecular flexibility index (Phi) is 3.55. The van der Waals surface area contributed by atoms with Crippen LogP contribution in [0.25, 0.3) is 0 Å². The lowest BCUT2D eigenvalue weighted by atomic mass is 10.1. The van der Waals surface area contributed by atoms with Gasteiger partial charge in [0.05, 0.1) is 11.0 Å². The minimum absolute atomic E-state index is 0.0658. The molecule has 0 heterocycles. The summed E-state index contributed by atoms with van der Waals surface area (Å²) >= 11 is 0. The van der Waals surface area contributed by atoms with E-state index in [0.717, 1.165) is 13.2 Å². The molecule has 0 bridgehead atoms. The van der Waals surface area contributed by atoms with Gasteiger partial charge in [-0.25, -0.2) is 9.23 Å². The van der Waals surface area contributed by atoms with Crippen molar-refractivity contribution in [3.05, 3.63) is 45.6 Å². The van der Waals surface area contributed by atoms with E-state index in [-0.39, 0.29) is 27.0 Å². The molecule has 5 nitrogen and oxygen atoms in total. The molecule has 1 rings (SSSR count). The summed E-state index contributed by atoms with van der Waals surface area (Å²) in [6.45, 7) is 4.76. The van der Waals surface area contributed by atoms with Crippen LogP contribution >= 0.6 is 0 Å². The van der Waals surface area contributed by atoms with E-state index in [0.29, 0.717) is 0 Å². The summed E-state index contributed by atoms with van der Waals surface area (Å²) in [5, 5.41) is 11.1. The summed E-state index contributed by atoms with van der Waals surface area (Å²) in [6, 6.07) is 0. The predicted octanol–water partition coefficient (Wildman–Crippen LogP) is 1.81. The van der Waals surface area contributed by atoms with Crippen LogP contribution in [-0.4, -0.2) is 23.5 Å².